The molecule has 0 atom stereocenters. The molecule has 1 aromatic heterocycles. The average molecular weight is 360 g/mol. The van der Waals surface area contributed by atoms with Crippen LogP contribution in [0.1, 0.15) is 25.7 Å². The van der Waals surface area contributed by atoms with Crippen molar-refractivity contribution in [2.24, 2.45) is 4.99 Å². The minimum absolute atomic E-state index is 0.427. The number of hydrogen-bond acceptors (Lipinski definition) is 4. The Bertz CT molecular complexity index is 747. The second-order valence-corrected chi connectivity index (χ2v) is 6.25. The maximum absolute atomic E-state index is 6.00. The summed E-state index contributed by atoms with van der Waals surface area (Å²) in [5.41, 5.74) is 0.842. The summed E-state index contributed by atoms with van der Waals surface area (Å²) in [7, 11) is 0. The van der Waals surface area contributed by atoms with Crippen molar-refractivity contribution >= 4 is 17.6 Å². The Hall–Kier alpha value is -2.34. The van der Waals surface area contributed by atoms with Crippen molar-refractivity contribution in [1.82, 2.24) is 20.8 Å². The first kappa shape index (κ1) is 17.5. The highest BCUT2D eigenvalue weighted by Gasteiger charge is 2.12. The SMILES string of the molecule is CCNC(=NCCc1nc(-c2cccc(Cl)c2)no1)NC1CC=CC1. The van der Waals surface area contributed by atoms with E-state index in [-0.39, 0.29) is 0 Å². The van der Waals surface area contributed by atoms with Gasteiger partial charge in [0.05, 0.1) is 6.54 Å². The van der Waals surface area contributed by atoms with Crippen LogP contribution < -0.4 is 10.6 Å². The van der Waals surface area contributed by atoms with Gasteiger partial charge in [-0.2, -0.15) is 4.98 Å². The third-order valence-corrected chi connectivity index (χ3v) is 4.07. The Morgan fingerprint density at radius 2 is 2.20 bits per heavy atom. The first-order valence-electron chi connectivity index (χ1n) is 8.53. The number of rotatable bonds is 6. The van der Waals surface area contributed by atoms with E-state index in [9.17, 15) is 0 Å². The summed E-state index contributed by atoms with van der Waals surface area (Å²) in [5, 5.41) is 11.4. The largest absolute Gasteiger partial charge is 0.357 e. The molecule has 1 aliphatic carbocycles. The lowest BCUT2D eigenvalue weighted by atomic mass is 10.2. The van der Waals surface area contributed by atoms with E-state index >= 15 is 0 Å². The zero-order valence-electron chi connectivity index (χ0n) is 14.2. The summed E-state index contributed by atoms with van der Waals surface area (Å²) in [6.07, 6.45) is 7.05. The van der Waals surface area contributed by atoms with E-state index < -0.39 is 0 Å². The molecule has 25 heavy (non-hydrogen) atoms. The van der Waals surface area contributed by atoms with Crippen LogP contribution in [-0.2, 0) is 6.42 Å². The zero-order chi connectivity index (χ0) is 17.5. The van der Waals surface area contributed by atoms with E-state index in [1.165, 1.54) is 0 Å². The van der Waals surface area contributed by atoms with Crippen LogP contribution >= 0.6 is 11.6 Å². The van der Waals surface area contributed by atoms with E-state index in [0.29, 0.717) is 35.7 Å². The Balaban J connectivity index is 1.56. The first-order chi connectivity index (χ1) is 12.2. The molecule has 1 aliphatic rings. The molecule has 0 fully saturated rings. The molecule has 0 unspecified atom stereocenters. The van der Waals surface area contributed by atoms with Crippen molar-refractivity contribution in [3.63, 3.8) is 0 Å². The number of halogens is 1. The molecule has 0 amide bonds. The zero-order valence-corrected chi connectivity index (χ0v) is 15.0. The van der Waals surface area contributed by atoms with E-state index in [4.69, 9.17) is 16.1 Å². The van der Waals surface area contributed by atoms with Crippen molar-refractivity contribution in [3.05, 3.63) is 47.3 Å². The van der Waals surface area contributed by atoms with Gasteiger partial charge in [0.25, 0.3) is 0 Å². The third kappa shape index (κ3) is 5.06. The lowest BCUT2D eigenvalue weighted by molar-refractivity contribution is 0.380. The lowest BCUT2D eigenvalue weighted by Gasteiger charge is -2.16. The predicted octanol–water partition coefficient (Wildman–Crippen LogP) is 3.21. The molecule has 1 aromatic carbocycles. The second kappa shape index (κ2) is 8.67. The molecule has 2 N–H and O–H groups in total. The smallest absolute Gasteiger partial charge is 0.228 e. The first-order valence-corrected chi connectivity index (χ1v) is 8.90. The highest BCUT2D eigenvalue weighted by atomic mass is 35.5. The van der Waals surface area contributed by atoms with Gasteiger partial charge in [0.15, 0.2) is 5.96 Å². The van der Waals surface area contributed by atoms with Crippen LogP contribution in [0.3, 0.4) is 0 Å². The van der Waals surface area contributed by atoms with Gasteiger partial charge in [0.1, 0.15) is 0 Å². The van der Waals surface area contributed by atoms with Gasteiger partial charge in [-0.05, 0) is 31.9 Å². The van der Waals surface area contributed by atoms with Crippen LogP contribution in [0.15, 0.2) is 45.9 Å². The number of nitrogens with zero attached hydrogens (tertiary/aromatic N) is 3. The minimum Gasteiger partial charge on any atom is -0.357 e. The van der Waals surface area contributed by atoms with E-state index in [2.05, 4.69) is 44.8 Å². The number of hydrogen-bond donors (Lipinski definition) is 2. The molecule has 0 spiro atoms. The fourth-order valence-corrected chi connectivity index (χ4v) is 2.80. The molecule has 0 saturated carbocycles. The second-order valence-electron chi connectivity index (χ2n) is 5.82. The van der Waals surface area contributed by atoms with E-state index in [0.717, 1.165) is 30.9 Å². The van der Waals surface area contributed by atoms with Gasteiger partial charge in [0.2, 0.25) is 11.7 Å². The molecule has 6 nitrogen and oxygen atoms in total. The maximum atomic E-state index is 6.00. The molecule has 7 heteroatoms. The van der Waals surface area contributed by atoms with Crippen molar-refractivity contribution in [1.29, 1.82) is 0 Å². The van der Waals surface area contributed by atoms with Crippen LogP contribution in [0.4, 0.5) is 0 Å². The number of aliphatic imine (C=N–C) groups is 1. The van der Waals surface area contributed by atoms with Crippen molar-refractivity contribution in [2.45, 2.75) is 32.2 Å². The molecular formula is C18H22ClN5O. The number of nitrogens with one attached hydrogen (secondary N) is 2. The topological polar surface area (TPSA) is 75.3 Å². The van der Waals surface area contributed by atoms with Gasteiger partial charge in [0, 0.05) is 29.6 Å². The summed E-state index contributed by atoms with van der Waals surface area (Å²) in [6, 6.07) is 7.83. The molecule has 3 rings (SSSR count). The van der Waals surface area contributed by atoms with Crippen LogP contribution in [-0.4, -0.2) is 35.2 Å². The van der Waals surface area contributed by atoms with Gasteiger partial charge in [-0.25, -0.2) is 0 Å². The monoisotopic (exact) mass is 359 g/mol. The normalized spacial score (nSPS) is 14.9. The van der Waals surface area contributed by atoms with Gasteiger partial charge in [-0.15, -0.1) is 0 Å². The summed E-state index contributed by atoms with van der Waals surface area (Å²) in [4.78, 5) is 9.00. The van der Waals surface area contributed by atoms with Gasteiger partial charge < -0.3 is 15.2 Å². The molecular weight excluding hydrogens is 338 g/mol. The number of benzene rings is 1. The molecule has 0 bridgehead atoms. The standard InChI is InChI=1S/C18H22ClN5O/c1-2-20-18(22-15-8-3-4-9-15)21-11-10-16-23-17(24-25-16)13-6-5-7-14(19)12-13/h3-7,12,15H,2,8-11H2,1H3,(H2,20,21,22). The summed E-state index contributed by atoms with van der Waals surface area (Å²) < 4.78 is 5.31. The number of guanidine groups is 1. The minimum atomic E-state index is 0.427. The van der Waals surface area contributed by atoms with Crippen molar-refractivity contribution in [3.8, 4) is 11.4 Å². The molecule has 1 heterocycles. The van der Waals surface area contributed by atoms with Gasteiger partial charge in [-0.3, -0.25) is 4.99 Å². The fraction of sp³-hybridized carbons (Fsp3) is 0.389. The van der Waals surface area contributed by atoms with Crippen LogP contribution in [0.2, 0.25) is 5.02 Å². The summed E-state index contributed by atoms with van der Waals surface area (Å²) in [5.74, 6) is 1.94. The van der Waals surface area contributed by atoms with Crippen LogP contribution in [0.25, 0.3) is 11.4 Å². The summed E-state index contributed by atoms with van der Waals surface area (Å²) >= 11 is 6.00. The molecule has 0 radical (unpaired) electrons. The van der Waals surface area contributed by atoms with E-state index in [1.807, 2.05) is 24.3 Å². The molecule has 0 saturated heterocycles. The predicted molar refractivity (Wildman–Crippen MR) is 99.7 cm³/mol. The molecule has 132 valence electrons. The molecule has 0 aliphatic heterocycles. The van der Waals surface area contributed by atoms with Crippen LogP contribution in [0.5, 0.6) is 0 Å². The highest BCUT2D eigenvalue weighted by Crippen LogP contribution is 2.20. The molecule has 2 aromatic rings. The Morgan fingerprint density at radius 3 is 2.96 bits per heavy atom. The number of aromatic nitrogens is 2. The lowest BCUT2D eigenvalue weighted by Crippen LogP contribution is -2.42. The van der Waals surface area contributed by atoms with Gasteiger partial charge in [-0.1, -0.05) is 41.0 Å². The quantitative estimate of drug-likeness (QED) is 0.470. The van der Waals surface area contributed by atoms with Crippen molar-refractivity contribution < 1.29 is 4.52 Å². The maximum Gasteiger partial charge on any atom is 0.228 e. The van der Waals surface area contributed by atoms with Gasteiger partial charge >= 0.3 is 0 Å². The fourth-order valence-electron chi connectivity index (χ4n) is 2.61. The van der Waals surface area contributed by atoms with Crippen molar-refractivity contribution in [2.75, 3.05) is 13.1 Å². The Kier molecular flexibility index (Phi) is 6.06. The Labute approximate surface area is 152 Å². The summed E-state index contributed by atoms with van der Waals surface area (Å²) in [6.45, 7) is 3.46. The van der Waals surface area contributed by atoms with Crippen LogP contribution in [0, 0.1) is 0 Å². The third-order valence-electron chi connectivity index (χ3n) is 3.84. The Morgan fingerprint density at radius 1 is 1.36 bits per heavy atom. The average Bonchev–Trinajstić information content (AvgIpc) is 3.27. The highest BCUT2D eigenvalue weighted by molar-refractivity contribution is 6.30. The van der Waals surface area contributed by atoms with E-state index in [1.54, 1.807) is 0 Å².